The van der Waals surface area contributed by atoms with Crippen LogP contribution >= 0.6 is 0 Å². The molecule has 1 saturated heterocycles. The molecule has 5 heteroatoms. The Morgan fingerprint density at radius 2 is 1.88 bits per heavy atom. The molecular weight excluding hydrogens is 304 g/mol. The minimum absolute atomic E-state index is 0.0804. The van der Waals surface area contributed by atoms with E-state index in [9.17, 15) is 9.59 Å². The minimum Gasteiger partial charge on any atom is -0.496 e. The Balaban J connectivity index is 1.85. The molecule has 0 spiro atoms. The Bertz CT molecular complexity index is 730. The molecule has 0 radical (unpaired) electrons. The highest BCUT2D eigenvalue weighted by Gasteiger charge is 2.34. The Morgan fingerprint density at radius 1 is 1.17 bits per heavy atom. The predicted molar refractivity (Wildman–Crippen MR) is 90.6 cm³/mol. The molecule has 1 atom stereocenters. The molecule has 0 aliphatic carbocycles. The smallest absolute Gasteiger partial charge is 0.247 e. The zero-order chi connectivity index (χ0) is 16.9. The third-order valence-corrected chi connectivity index (χ3v) is 4.18. The molecule has 2 aromatic rings. The van der Waals surface area contributed by atoms with Crippen LogP contribution in [-0.4, -0.2) is 36.9 Å². The summed E-state index contributed by atoms with van der Waals surface area (Å²) in [7, 11) is 1.59. The Labute approximate surface area is 141 Å². The first-order valence-corrected chi connectivity index (χ1v) is 7.94. The molecule has 1 aliphatic heterocycles. The number of amides is 2. The summed E-state index contributed by atoms with van der Waals surface area (Å²) in [5.41, 5.74) is 1.64. The summed E-state index contributed by atoms with van der Waals surface area (Å²) in [5.74, 6) is 0.465. The lowest BCUT2D eigenvalue weighted by atomic mass is 10.0. The van der Waals surface area contributed by atoms with Crippen molar-refractivity contribution in [2.45, 2.75) is 12.5 Å². The van der Waals surface area contributed by atoms with Gasteiger partial charge < -0.3 is 15.0 Å². The molecule has 0 saturated carbocycles. The quantitative estimate of drug-likeness (QED) is 0.935. The Morgan fingerprint density at radius 3 is 2.62 bits per heavy atom. The highest BCUT2D eigenvalue weighted by atomic mass is 16.5. The number of benzene rings is 2. The molecule has 1 fully saturated rings. The number of nitrogens with zero attached hydrogens (tertiary/aromatic N) is 1. The molecule has 2 amide bonds. The topological polar surface area (TPSA) is 58.6 Å². The van der Waals surface area contributed by atoms with Gasteiger partial charge in [0.15, 0.2) is 0 Å². The SMILES string of the molecule is COc1ccccc1CC(=O)N1CCNC(=O)C1c1ccccc1. The third-order valence-electron chi connectivity index (χ3n) is 4.18. The van der Waals surface area contributed by atoms with Crippen molar-refractivity contribution in [3.05, 3.63) is 65.7 Å². The summed E-state index contributed by atoms with van der Waals surface area (Å²) in [6.45, 7) is 0.971. The number of carbonyl (C=O) groups excluding carboxylic acids is 2. The van der Waals surface area contributed by atoms with Gasteiger partial charge in [0.25, 0.3) is 0 Å². The molecule has 1 aliphatic rings. The second-order valence-corrected chi connectivity index (χ2v) is 5.68. The highest BCUT2D eigenvalue weighted by molar-refractivity contribution is 5.90. The standard InChI is InChI=1S/C19H20N2O3/c1-24-16-10-6-5-9-15(16)13-17(22)21-12-11-20-19(23)18(21)14-7-3-2-4-8-14/h2-10,18H,11-13H2,1H3,(H,20,23). The summed E-state index contributed by atoms with van der Waals surface area (Å²) in [4.78, 5) is 26.9. The molecule has 24 heavy (non-hydrogen) atoms. The monoisotopic (exact) mass is 324 g/mol. The average molecular weight is 324 g/mol. The minimum atomic E-state index is -0.581. The van der Waals surface area contributed by atoms with Crippen LogP contribution in [0, 0.1) is 0 Å². The van der Waals surface area contributed by atoms with Gasteiger partial charge in [-0.3, -0.25) is 9.59 Å². The maximum Gasteiger partial charge on any atom is 0.247 e. The molecule has 0 aromatic heterocycles. The van der Waals surface area contributed by atoms with E-state index < -0.39 is 6.04 Å². The summed E-state index contributed by atoms with van der Waals surface area (Å²) in [6, 6.07) is 16.3. The number of methoxy groups -OCH3 is 1. The van der Waals surface area contributed by atoms with Gasteiger partial charge >= 0.3 is 0 Å². The lowest BCUT2D eigenvalue weighted by Gasteiger charge is -2.35. The van der Waals surface area contributed by atoms with Crippen LogP contribution in [0.4, 0.5) is 0 Å². The maximum absolute atomic E-state index is 12.9. The number of ether oxygens (including phenoxy) is 1. The highest BCUT2D eigenvalue weighted by Crippen LogP contribution is 2.25. The summed E-state index contributed by atoms with van der Waals surface area (Å²) in [5, 5.41) is 2.84. The van der Waals surface area contributed by atoms with Crippen LogP contribution in [0.5, 0.6) is 5.75 Å². The molecule has 1 unspecified atom stereocenters. The van der Waals surface area contributed by atoms with Crippen molar-refractivity contribution < 1.29 is 14.3 Å². The van der Waals surface area contributed by atoms with E-state index in [1.807, 2.05) is 54.6 Å². The molecule has 1 N–H and O–H groups in total. The van der Waals surface area contributed by atoms with Gasteiger partial charge in [-0.05, 0) is 11.6 Å². The molecule has 124 valence electrons. The lowest BCUT2D eigenvalue weighted by Crippen LogP contribution is -2.52. The van der Waals surface area contributed by atoms with Crippen molar-refractivity contribution >= 4 is 11.8 Å². The van der Waals surface area contributed by atoms with Crippen LogP contribution in [0.2, 0.25) is 0 Å². The summed E-state index contributed by atoms with van der Waals surface area (Å²) >= 11 is 0. The van der Waals surface area contributed by atoms with Crippen LogP contribution in [0.15, 0.2) is 54.6 Å². The number of hydrogen-bond donors (Lipinski definition) is 1. The van der Waals surface area contributed by atoms with Crippen molar-refractivity contribution in [2.24, 2.45) is 0 Å². The van der Waals surface area contributed by atoms with Crippen molar-refractivity contribution in [1.82, 2.24) is 10.2 Å². The fourth-order valence-electron chi connectivity index (χ4n) is 3.02. The second kappa shape index (κ2) is 7.17. The van der Waals surface area contributed by atoms with Crippen LogP contribution in [0.1, 0.15) is 17.2 Å². The van der Waals surface area contributed by atoms with E-state index in [2.05, 4.69) is 5.32 Å². The fraction of sp³-hybridized carbons (Fsp3) is 0.263. The zero-order valence-electron chi connectivity index (χ0n) is 13.6. The van der Waals surface area contributed by atoms with Crippen molar-refractivity contribution in [3.63, 3.8) is 0 Å². The number of para-hydroxylation sites is 1. The van der Waals surface area contributed by atoms with E-state index in [0.717, 1.165) is 11.1 Å². The largest absolute Gasteiger partial charge is 0.496 e. The van der Waals surface area contributed by atoms with Crippen molar-refractivity contribution in [2.75, 3.05) is 20.2 Å². The van der Waals surface area contributed by atoms with E-state index >= 15 is 0 Å². The number of carbonyl (C=O) groups is 2. The third kappa shape index (κ3) is 3.25. The van der Waals surface area contributed by atoms with Gasteiger partial charge in [-0.25, -0.2) is 0 Å². The van der Waals surface area contributed by atoms with E-state index in [0.29, 0.717) is 18.8 Å². The van der Waals surface area contributed by atoms with E-state index in [1.54, 1.807) is 12.0 Å². The van der Waals surface area contributed by atoms with Gasteiger partial charge in [0, 0.05) is 18.7 Å². The maximum atomic E-state index is 12.9. The molecular formula is C19H20N2O3. The normalized spacial score (nSPS) is 17.3. The zero-order valence-corrected chi connectivity index (χ0v) is 13.6. The Kier molecular flexibility index (Phi) is 4.79. The van der Waals surface area contributed by atoms with Crippen molar-refractivity contribution in [1.29, 1.82) is 0 Å². The second-order valence-electron chi connectivity index (χ2n) is 5.68. The van der Waals surface area contributed by atoms with Gasteiger partial charge in [0.05, 0.1) is 13.5 Å². The van der Waals surface area contributed by atoms with E-state index in [1.165, 1.54) is 0 Å². The first-order valence-electron chi connectivity index (χ1n) is 7.94. The number of nitrogens with one attached hydrogen (secondary N) is 1. The number of hydrogen-bond acceptors (Lipinski definition) is 3. The van der Waals surface area contributed by atoms with E-state index in [-0.39, 0.29) is 18.2 Å². The van der Waals surface area contributed by atoms with Crippen molar-refractivity contribution in [3.8, 4) is 5.75 Å². The number of piperazine rings is 1. The lowest BCUT2D eigenvalue weighted by molar-refractivity contribution is -0.143. The van der Waals surface area contributed by atoms with Crippen LogP contribution in [0.3, 0.4) is 0 Å². The fourth-order valence-corrected chi connectivity index (χ4v) is 3.02. The molecule has 5 nitrogen and oxygen atoms in total. The first-order chi connectivity index (χ1) is 11.7. The molecule has 3 rings (SSSR count). The molecule has 2 aromatic carbocycles. The number of rotatable bonds is 4. The van der Waals surface area contributed by atoms with Gasteiger partial charge in [-0.15, -0.1) is 0 Å². The van der Waals surface area contributed by atoms with Crippen LogP contribution in [-0.2, 0) is 16.0 Å². The predicted octanol–water partition coefficient (Wildman–Crippen LogP) is 1.94. The van der Waals surface area contributed by atoms with Crippen LogP contribution < -0.4 is 10.1 Å². The average Bonchev–Trinajstić information content (AvgIpc) is 2.62. The van der Waals surface area contributed by atoms with Gasteiger partial charge in [0.1, 0.15) is 11.8 Å². The molecule has 1 heterocycles. The van der Waals surface area contributed by atoms with Crippen LogP contribution in [0.25, 0.3) is 0 Å². The van der Waals surface area contributed by atoms with Gasteiger partial charge in [-0.2, -0.15) is 0 Å². The molecule has 0 bridgehead atoms. The van der Waals surface area contributed by atoms with Gasteiger partial charge in [0.2, 0.25) is 11.8 Å². The first kappa shape index (κ1) is 16.1. The summed E-state index contributed by atoms with van der Waals surface area (Å²) < 4.78 is 5.32. The van der Waals surface area contributed by atoms with Gasteiger partial charge in [-0.1, -0.05) is 48.5 Å². The Hall–Kier alpha value is -2.82. The van der Waals surface area contributed by atoms with E-state index in [4.69, 9.17) is 4.74 Å². The summed E-state index contributed by atoms with van der Waals surface area (Å²) in [6.07, 6.45) is 0.209.